The second kappa shape index (κ2) is 16.5. The van der Waals surface area contributed by atoms with E-state index in [9.17, 15) is 0 Å². The molecule has 0 aromatic heterocycles. The molecule has 1 aliphatic heterocycles. The molecule has 0 bridgehead atoms. The van der Waals surface area contributed by atoms with Crippen molar-refractivity contribution in [3.8, 4) is 22.3 Å². The standard InChI is InChI=1S/C69H85BN2/c1-17-18-19-22-43-36-48(47-39-53-54(67(11,12)33-32-66(53,9)10)40-57(47)71-44-25-27-50-52(38-44)65(7,8)30-29-63(50,3)4)61-59(37-43)72(58-41-55-51(35-42(58)2)64(5,6)31-34-68(55,13)14)62-56(70-61)28-26-46-45-23-20-21-24-49(45)69(15,16)60(46)62/h20-21,23-28,35-41,70-71H,17-19,22,29-34H2,1-16H3. The number of unbranched alkanes of at least 4 members (excludes halogenated alkanes) is 2. The highest BCUT2D eigenvalue weighted by Crippen LogP contribution is 2.57. The average Bonchev–Trinajstić information content (AvgIpc) is 3.56. The summed E-state index contributed by atoms with van der Waals surface area (Å²) in [6.07, 6.45) is 11.8. The van der Waals surface area contributed by atoms with Crippen molar-refractivity contribution in [3.63, 3.8) is 0 Å². The number of rotatable bonds is 8. The first-order valence-corrected chi connectivity index (χ1v) is 28.3. The Labute approximate surface area is 436 Å². The normalized spacial score (nSPS) is 20.4. The average molecular weight is 953 g/mol. The zero-order valence-corrected chi connectivity index (χ0v) is 47.4. The first kappa shape index (κ1) is 49.2. The SMILES string of the molecule is CCCCCc1cc(-c2cc3c(cc2Nc2ccc4c(c2)C(C)(C)CCC4(C)C)C(C)(C)CCC3(C)C)c2c(c1)N(c1cc3c(cc1C)C(C)(C)CCC3(C)C)c1c(ccc3c1C(C)(C)c1ccccc1-3)B2. The lowest BCUT2D eigenvalue weighted by atomic mass is 9.56. The van der Waals surface area contributed by atoms with Crippen molar-refractivity contribution in [2.75, 3.05) is 10.2 Å². The summed E-state index contributed by atoms with van der Waals surface area (Å²) in [6, 6.07) is 37.4. The number of nitrogens with one attached hydrogen (secondary N) is 1. The van der Waals surface area contributed by atoms with E-state index < -0.39 is 0 Å². The Morgan fingerprint density at radius 1 is 0.486 bits per heavy atom. The lowest BCUT2D eigenvalue weighted by Gasteiger charge is -2.44. The topological polar surface area (TPSA) is 15.3 Å². The molecule has 374 valence electrons. The van der Waals surface area contributed by atoms with Crippen LogP contribution in [0.3, 0.4) is 0 Å². The van der Waals surface area contributed by atoms with Crippen LogP contribution in [-0.2, 0) is 44.3 Å². The summed E-state index contributed by atoms with van der Waals surface area (Å²) >= 11 is 0. The molecule has 1 N–H and O–H groups in total. The predicted molar refractivity (Wildman–Crippen MR) is 314 cm³/mol. The van der Waals surface area contributed by atoms with Gasteiger partial charge in [-0.1, -0.05) is 177 Å². The summed E-state index contributed by atoms with van der Waals surface area (Å²) in [5, 5.41) is 4.24. The second-order valence-electron chi connectivity index (χ2n) is 28.1. The number of hydrogen-bond donors (Lipinski definition) is 1. The summed E-state index contributed by atoms with van der Waals surface area (Å²) in [5.41, 5.74) is 30.1. The van der Waals surface area contributed by atoms with Crippen molar-refractivity contribution in [2.24, 2.45) is 0 Å². The Morgan fingerprint density at radius 2 is 1.06 bits per heavy atom. The summed E-state index contributed by atoms with van der Waals surface area (Å²) in [4.78, 5) is 2.81. The van der Waals surface area contributed by atoms with Gasteiger partial charge in [-0.2, -0.15) is 0 Å². The van der Waals surface area contributed by atoms with Gasteiger partial charge >= 0.3 is 0 Å². The van der Waals surface area contributed by atoms with E-state index in [1.165, 1.54) is 175 Å². The number of aryl methyl sites for hydroxylation is 2. The maximum absolute atomic E-state index is 4.24. The quantitative estimate of drug-likeness (QED) is 0.121. The summed E-state index contributed by atoms with van der Waals surface area (Å²) in [5.74, 6) is 0. The lowest BCUT2D eigenvalue weighted by Crippen LogP contribution is -2.43. The van der Waals surface area contributed by atoms with Crippen molar-refractivity contribution >= 4 is 46.6 Å². The number of nitrogens with zero attached hydrogens (tertiary/aromatic N) is 1. The molecule has 0 atom stereocenters. The van der Waals surface area contributed by atoms with Gasteiger partial charge < -0.3 is 10.2 Å². The van der Waals surface area contributed by atoms with E-state index in [2.05, 4.69) is 212 Å². The highest BCUT2D eigenvalue weighted by molar-refractivity contribution is 6.73. The van der Waals surface area contributed by atoms with Gasteiger partial charge in [0.25, 0.3) is 0 Å². The van der Waals surface area contributed by atoms with Crippen LogP contribution in [-0.4, -0.2) is 7.28 Å². The minimum atomic E-state index is -0.176. The molecule has 11 rings (SSSR count). The van der Waals surface area contributed by atoms with E-state index in [1.807, 2.05) is 0 Å². The Kier molecular flexibility index (Phi) is 11.3. The molecule has 6 aromatic rings. The molecule has 72 heavy (non-hydrogen) atoms. The Bertz CT molecular complexity index is 3200. The van der Waals surface area contributed by atoms with E-state index >= 15 is 0 Å². The number of anilines is 5. The molecule has 0 unspecified atom stereocenters. The molecule has 0 radical (unpaired) electrons. The maximum atomic E-state index is 4.24. The molecule has 0 saturated carbocycles. The molecule has 3 heteroatoms. The van der Waals surface area contributed by atoms with Gasteiger partial charge in [-0.15, -0.1) is 0 Å². The van der Waals surface area contributed by atoms with E-state index in [4.69, 9.17) is 0 Å². The van der Waals surface area contributed by atoms with Gasteiger partial charge in [0, 0.05) is 39.4 Å². The van der Waals surface area contributed by atoms with Gasteiger partial charge in [-0.25, -0.2) is 0 Å². The maximum Gasteiger partial charge on any atom is 0.198 e. The van der Waals surface area contributed by atoms with Crippen molar-refractivity contribution < 1.29 is 0 Å². The Balaban J connectivity index is 1.21. The molecule has 1 heterocycles. The van der Waals surface area contributed by atoms with Gasteiger partial charge in [0.05, 0.1) is 0 Å². The molecule has 4 aliphatic carbocycles. The number of hydrogen-bond acceptors (Lipinski definition) is 2. The van der Waals surface area contributed by atoms with Crippen LogP contribution in [0.15, 0.2) is 91.0 Å². The fraction of sp³-hybridized carbons (Fsp3) is 0.478. The van der Waals surface area contributed by atoms with Gasteiger partial charge in [-0.05, 0) is 205 Å². The van der Waals surface area contributed by atoms with Crippen molar-refractivity contribution in [1.82, 2.24) is 0 Å². The fourth-order valence-electron chi connectivity index (χ4n) is 14.6. The smallest absolute Gasteiger partial charge is 0.198 e. The van der Waals surface area contributed by atoms with Crippen LogP contribution < -0.4 is 21.1 Å². The van der Waals surface area contributed by atoms with Crippen LogP contribution in [0.2, 0.25) is 0 Å². The summed E-state index contributed by atoms with van der Waals surface area (Å²) in [6.45, 7) is 39.5. The monoisotopic (exact) mass is 953 g/mol. The molecule has 0 saturated heterocycles. The molecule has 0 spiro atoms. The third-order valence-corrected chi connectivity index (χ3v) is 19.8. The zero-order valence-electron chi connectivity index (χ0n) is 47.4. The predicted octanol–water partition coefficient (Wildman–Crippen LogP) is 17.7. The van der Waals surface area contributed by atoms with Crippen molar-refractivity contribution in [3.05, 3.63) is 147 Å². The minimum Gasteiger partial charge on any atom is -0.355 e. The van der Waals surface area contributed by atoms with Crippen LogP contribution >= 0.6 is 0 Å². The summed E-state index contributed by atoms with van der Waals surface area (Å²) in [7, 11) is 0.876. The number of benzene rings is 6. The van der Waals surface area contributed by atoms with Crippen LogP contribution in [0.1, 0.15) is 217 Å². The number of fused-ring (bicyclic) bond motifs is 9. The molecule has 2 nitrogen and oxygen atoms in total. The van der Waals surface area contributed by atoms with Crippen LogP contribution in [0.25, 0.3) is 22.3 Å². The second-order valence-corrected chi connectivity index (χ2v) is 28.1. The first-order chi connectivity index (χ1) is 33.8. The largest absolute Gasteiger partial charge is 0.355 e. The molecule has 5 aliphatic rings. The van der Waals surface area contributed by atoms with Gasteiger partial charge in [0.15, 0.2) is 7.28 Å². The molecule has 6 aromatic carbocycles. The lowest BCUT2D eigenvalue weighted by molar-refractivity contribution is 0.332. The van der Waals surface area contributed by atoms with Crippen LogP contribution in [0, 0.1) is 6.92 Å². The Morgan fingerprint density at radius 3 is 1.69 bits per heavy atom. The van der Waals surface area contributed by atoms with Crippen molar-refractivity contribution in [1.29, 1.82) is 0 Å². The molecular formula is C69H85BN2. The zero-order chi connectivity index (χ0) is 51.3. The van der Waals surface area contributed by atoms with E-state index in [0.29, 0.717) is 0 Å². The minimum absolute atomic E-state index is 0.0545. The van der Waals surface area contributed by atoms with Crippen LogP contribution in [0.4, 0.5) is 28.4 Å². The first-order valence-electron chi connectivity index (χ1n) is 28.3. The van der Waals surface area contributed by atoms with E-state index in [0.717, 1.165) is 13.7 Å². The molecular weight excluding hydrogens is 868 g/mol. The van der Waals surface area contributed by atoms with Gasteiger partial charge in [-0.3, -0.25) is 0 Å². The van der Waals surface area contributed by atoms with Crippen molar-refractivity contribution in [2.45, 2.75) is 213 Å². The van der Waals surface area contributed by atoms with Gasteiger partial charge in [0.2, 0.25) is 0 Å². The molecule has 0 fully saturated rings. The van der Waals surface area contributed by atoms with E-state index in [-0.39, 0.29) is 37.9 Å². The van der Waals surface area contributed by atoms with E-state index in [1.54, 1.807) is 0 Å². The highest BCUT2D eigenvalue weighted by atomic mass is 15.2. The third-order valence-electron chi connectivity index (χ3n) is 19.8. The van der Waals surface area contributed by atoms with Crippen LogP contribution in [0.5, 0.6) is 0 Å². The summed E-state index contributed by atoms with van der Waals surface area (Å²) < 4.78 is 0. The fourth-order valence-corrected chi connectivity index (χ4v) is 14.6. The highest BCUT2D eigenvalue weighted by Gasteiger charge is 2.45. The third kappa shape index (κ3) is 7.69. The Hall–Kier alpha value is -5.02. The van der Waals surface area contributed by atoms with Gasteiger partial charge in [0.1, 0.15) is 0 Å². The molecule has 0 amide bonds.